The Kier molecular flexibility index (Phi) is 5.01. The number of ether oxygens (including phenoxy) is 1. The normalized spacial score (nSPS) is 12.9. The molecule has 0 fully saturated rings. The van der Waals surface area contributed by atoms with E-state index < -0.39 is 0 Å². The van der Waals surface area contributed by atoms with Crippen LogP contribution < -0.4 is 10.5 Å². The van der Waals surface area contributed by atoms with Crippen LogP contribution in [0.1, 0.15) is 49.9 Å². The van der Waals surface area contributed by atoms with E-state index in [4.69, 9.17) is 10.5 Å². The maximum absolute atomic E-state index is 6.16. The lowest BCUT2D eigenvalue weighted by Gasteiger charge is -2.20. The lowest BCUT2D eigenvalue weighted by Crippen LogP contribution is -2.14. The fourth-order valence-electron chi connectivity index (χ4n) is 1.93. The third-order valence-corrected chi connectivity index (χ3v) is 2.85. The second kappa shape index (κ2) is 6.06. The van der Waals surface area contributed by atoms with Crippen LogP contribution in [0, 0.1) is 19.8 Å². The van der Waals surface area contributed by atoms with Crippen molar-refractivity contribution in [2.24, 2.45) is 11.7 Å². The molecule has 0 spiro atoms. The molecular weight excluding hydrogens is 210 g/mol. The molecule has 1 aromatic carbocycles. The first-order valence-corrected chi connectivity index (χ1v) is 6.45. The maximum atomic E-state index is 6.16. The first-order chi connectivity index (χ1) is 7.95. The van der Waals surface area contributed by atoms with Crippen molar-refractivity contribution < 1.29 is 4.74 Å². The molecule has 0 heterocycles. The highest BCUT2D eigenvalue weighted by Crippen LogP contribution is 2.31. The summed E-state index contributed by atoms with van der Waals surface area (Å²) in [5.41, 5.74) is 9.74. The van der Waals surface area contributed by atoms with Crippen molar-refractivity contribution in [3.05, 3.63) is 28.8 Å². The molecule has 0 aliphatic rings. The summed E-state index contributed by atoms with van der Waals surface area (Å²) in [6, 6.07) is 4.37. The molecule has 1 aromatic rings. The van der Waals surface area contributed by atoms with Crippen molar-refractivity contribution in [3.63, 3.8) is 0 Å². The standard InChI is InChI=1S/C15H25NO/c1-6-14(16)13-8-11(4)7-12(5)15(13)17-9-10(2)3/h7-8,10,14H,6,9,16H2,1-5H3. The van der Waals surface area contributed by atoms with E-state index in [9.17, 15) is 0 Å². The largest absolute Gasteiger partial charge is 0.493 e. The monoisotopic (exact) mass is 235 g/mol. The van der Waals surface area contributed by atoms with E-state index in [2.05, 4.69) is 46.8 Å². The van der Waals surface area contributed by atoms with Gasteiger partial charge in [-0.15, -0.1) is 0 Å². The molecule has 0 bridgehead atoms. The van der Waals surface area contributed by atoms with Gasteiger partial charge in [0.05, 0.1) is 6.61 Å². The van der Waals surface area contributed by atoms with E-state index in [1.165, 1.54) is 11.1 Å². The van der Waals surface area contributed by atoms with Crippen molar-refractivity contribution in [2.45, 2.75) is 47.1 Å². The van der Waals surface area contributed by atoms with E-state index in [0.29, 0.717) is 5.92 Å². The van der Waals surface area contributed by atoms with E-state index in [0.717, 1.165) is 24.3 Å². The highest BCUT2D eigenvalue weighted by Gasteiger charge is 2.14. The molecule has 1 unspecified atom stereocenters. The lowest BCUT2D eigenvalue weighted by molar-refractivity contribution is 0.265. The van der Waals surface area contributed by atoms with Gasteiger partial charge in [0, 0.05) is 11.6 Å². The first kappa shape index (κ1) is 14.0. The van der Waals surface area contributed by atoms with Crippen LogP contribution in [0.2, 0.25) is 0 Å². The zero-order chi connectivity index (χ0) is 13.0. The van der Waals surface area contributed by atoms with Gasteiger partial charge in [-0.1, -0.05) is 38.5 Å². The average Bonchev–Trinajstić information content (AvgIpc) is 2.25. The second-order valence-electron chi connectivity index (χ2n) is 5.22. The Bertz CT molecular complexity index is 371. The second-order valence-corrected chi connectivity index (χ2v) is 5.22. The van der Waals surface area contributed by atoms with Crippen LogP contribution in [0.15, 0.2) is 12.1 Å². The minimum absolute atomic E-state index is 0.0655. The number of nitrogens with two attached hydrogens (primary N) is 1. The van der Waals surface area contributed by atoms with Gasteiger partial charge in [0.15, 0.2) is 0 Å². The Hall–Kier alpha value is -1.02. The average molecular weight is 235 g/mol. The van der Waals surface area contributed by atoms with Crippen molar-refractivity contribution in [1.82, 2.24) is 0 Å². The highest BCUT2D eigenvalue weighted by atomic mass is 16.5. The van der Waals surface area contributed by atoms with E-state index in [1.807, 2.05) is 0 Å². The predicted octanol–water partition coefficient (Wildman–Crippen LogP) is 3.75. The molecule has 0 amide bonds. The third kappa shape index (κ3) is 3.74. The zero-order valence-corrected chi connectivity index (χ0v) is 11.7. The summed E-state index contributed by atoms with van der Waals surface area (Å²) < 4.78 is 5.93. The summed E-state index contributed by atoms with van der Waals surface area (Å²) in [6.07, 6.45) is 0.931. The molecule has 96 valence electrons. The number of hydrogen-bond donors (Lipinski definition) is 1. The first-order valence-electron chi connectivity index (χ1n) is 6.45. The van der Waals surface area contributed by atoms with Gasteiger partial charge in [-0.3, -0.25) is 0 Å². The summed E-state index contributed by atoms with van der Waals surface area (Å²) in [5, 5.41) is 0. The molecule has 0 radical (unpaired) electrons. The molecule has 1 rings (SSSR count). The molecule has 0 saturated carbocycles. The van der Waals surface area contributed by atoms with Crippen LogP contribution in [0.4, 0.5) is 0 Å². The number of rotatable bonds is 5. The van der Waals surface area contributed by atoms with Crippen molar-refractivity contribution in [2.75, 3.05) is 6.61 Å². The van der Waals surface area contributed by atoms with Crippen LogP contribution in [0.5, 0.6) is 5.75 Å². The minimum Gasteiger partial charge on any atom is -0.493 e. The van der Waals surface area contributed by atoms with Gasteiger partial charge in [-0.05, 0) is 31.7 Å². The molecule has 0 aliphatic carbocycles. The van der Waals surface area contributed by atoms with Gasteiger partial charge in [0.1, 0.15) is 5.75 Å². The summed E-state index contributed by atoms with van der Waals surface area (Å²) in [6.45, 7) is 11.4. The summed E-state index contributed by atoms with van der Waals surface area (Å²) in [4.78, 5) is 0. The van der Waals surface area contributed by atoms with E-state index in [-0.39, 0.29) is 6.04 Å². The van der Waals surface area contributed by atoms with Crippen LogP contribution >= 0.6 is 0 Å². The number of benzene rings is 1. The highest BCUT2D eigenvalue weighted by molar-refractivity contribution is 5.45. The Morgan fingerprint density at radius 2 is 1.88 bits per heavy atom. The van der Waals surface area contributed by atoms with E-state index >= 15 is 0 Å². The van der Waals surface area contributed by atoms with Gasteiger partial charge >= 0.3 is 0 Å². The summed E-state index contributed by atoms with van der Waals surface area (Å²) >= 11 is 0. The van der Waals surface area contributed by atoms with Gasteiger partial charge in [-0.2, -0.15) is 0 Å². The molecule has 0 aliphatic heterocycles. The van der Waals surface area contributed by atoms with Gasteiger partial charge in [0.2, 0.25) is 0 Å². The molecule has 0 aromatic heterocycles. The molecule has 2 heteroatoms. The zero-order valence-electron chi connectivity index (χ0n) is 11.7. The smallest absolute Gasteiger partial charge is 0.126 e. The molecule has 17 heavy (non-hydrogen) atoms. The Morgan fingerprint density at radius 3 is 2.41 bits per heavy atom. The summed E-state index contributed by atoms with van der Waals surface area (Å²) in [7, 11) is 0. The third-order valence-electron chi connectivity index (χ3n) is 2.85. The topological polar surface area (TPSA) is 35.2 Å². The van der Waals surface area contributed by atoms with Crippen molar-refractivity contribution in [3.8, 4) is 5.75 Å². The molecular formula is C15H25NO. The fourth-order valence-corrected chi connectivity index (χ4v) is 1.93. The minimum atomic E-state index is 0.0655. The molecule has 2 N–H and O–H groups in total. The van der Waals surface area contributed by atoms with Crippen molar-refractivity contribution in [1.29, 1.82) is 0 Å². The molecule has 0 saturated heterocycles. The predicted molar refractivity (Wildman–Crippen MR) is 73.5 cm³/mol. The SMILES string of the molecule is CCC(N)c1cc(C)cc(C)c1OCC(C)C. The maximum Gasteiger partial charge on any atom is 0.126 e. The van der Waals surface area contributed by atoms with Crippen LogP contribution in [0.3, 0.4) is 0 Å². The quantitative estimate of drug-likeness (QED) is 0.843. The summed E-state index contributed by atoms with van der Waals surface area (Å²) in [5.74, 6) is 1.51. The Balaban J connectivity index is 3.07. The van der Waals surface area contributed by atoms with Crippen LogP contribution in [-0.2, 0) is 0 Å². The van der Waals surface area contributed by atoms with Crippen LogP contribution in [-0.4, -0.2) is 6.61 Å². The Labute approximate surface area is 105 Å². The van der Waals surface area contributed by atoms with Gasteiger partial charge < -0.3 is 10.5 Å². The fraction of sp³-hybridized carbons (Fsp3) is 0.600. The molecule has 1 atom stereocenters. The lowest BCUT2D eigenvalue weighted by atomic mass is 9.98. The van der Waals surface area contributed by atoms with Gasteiger partial charge in [-0.25, -0.2) is 0 Å². The number of hydrogen-bond acceptors (Lipinski definition) is 2. The van der Waals surface area contributed by atoms with Crippen molar-refractivity contribution >= 4 is 0 Å². The number of aryl methyl sites for hydroxylation is 2. The van der Waals surface area contributed by atoms with Gasteiger partial charge in [0.25, 0.3) is 0 Å². The molecule has 2 nitrogen and oxygen atoms in total. The van der Waals surface area contributed by atoms with Crippen LogP contribution in [0.25, 0.3) is 0 Å². The van der Waals surface area contributed by atoms with E-state index in [1.54, 1.807) is 0 Å². The Morgan fingerprint density at radius 1 is 1.24 bits per heavy atom.